The van der Waals surface area contributed by atoms with Crippen LogP contribution < -0.4 is 5.32 Å². The lowest BCUT2D eigenvalue weighted by molar-refractivity contribution is -0.118. The third-order valence-corrected chi connectivity index (χ3v) is 2.80. The standard InChI is InChI=1S/C13H17ClFNO/c1-9(2)16-7-6-11(17)8-10-4-3-5-12(15)13(10)14/h3-5,9,16H,6-8H2,1-2H3. The van der Waals surface area contributed by atoms with E-state index in [-0.39, 0.29) is 17.2 Å². The molecule has 1 N–H and O–H groups in total. The summed E-state index contributed by atoms with van der Waals surface area (Å²) in [5.41, 5.74) is 0.557. The minimum atomic E-state index is -0.475. The van der Waals surface area contributed by atoms with E-state index in [2.05, 4.69) is 5.32 Å². The van der Waals surface area contributed by atoms with Gasteiger partial charge >= 0.3 is 0 Å². The summed E-state index contributed by atoms with van der Waals surface area (Å²) in [6.07, 6.45) is 0.626. The quantitative estimate of drug-likeness (QED) is 0.849. The second-order valence-electron chi connectivity index (χ2n) is 4.29. The van der Waals surface area contributed by atoms with E-state index in [1.807, 2.05) is 13.8 Å². The lowest BCUT2D eigenvalue weighted by Gasteiger charge is -2.08. The van der Waals surface area contributed by atoms with E-state index >= 15 is 0 Å². The number of hydrogen-bond donors (Lipinski definition) is 1. The molecule has 0 aliphatic carbocycles. The van der Waals surface area contributed by atoms with Gasteiger partial charge in [-0.05, 0) is 11.6 Å². The summed E-state index contributed by atoms with van der Waals surface area (Å²) in [5, 5.41) is 3.21. The van der Waals surface area contributed by atoms with E-state index in [0.29, 0.717) is 24.6 Å². The molecule has 0 spiro atoms. The smallest absolute Gasteiger partial charge is 0.142 e. The maximum Gasteiger partial charge on any atom is 0.142 e. The highest BCUT2D eigenvalue weighted by Crippen LogP contribution is 2.20. The summed E-state index contributed by atoms with van der Waals surface area (Å²) < 4.78 is 13.1. The number of hydrogen-bond acceptors (Lipinski definition) is 2. The van der Waals surface area contributed by atoms with Crippen molar-refractivity contribution in [3.05, 3.63) is 34.6 Å². The Bertz CT molecular complexity index is 393. The number of benzene rings is 1. The van der Waals surface area contributed by atoms with Crippen molar-refractivity contribution in [3.63, 3.8) is 0 Å². The van der Waals surface area contributed by atoms with Crippen LogP contribution in [0.25, 0.3) is 0 Å². The molecule has 0 saturated carbocycles. The third-order valence-electron chi connectivity index (χ3n) is 2.38. The van der Waals surface area contributed by atoms with Crippen molar-refractivity contribution in [1.82, 2.24) is 5.32 Å². The van der Waals surface area contributed by atoms with Gasteiger partial charge in [0.15, 0.2) is 0 Å². The van der Waals surface area contributed by atoms with Gasteiger partial charge in [0, 0.05) is 25.4 Å². The molecule has 1 rings (SSSR count). The van der Waals surface area contributed by atoms with Crippen molar-refractivity contribution >= 4 is 17.4 Å². The van der Waals surface area contributed by atoms with Gasteiger partial charge in [-0.2, -0.15) is 0 Å². The molecule has 0 atom stereocenters. The Morgan fingerprint density at radius 2 is 2.18 bits per heavy atom. The molecule has 4 heteroatoms. The number of rotatable bonds is 6. The number of halogens is 2. The van der Waals surface area contributed by atoms with Gasteiger partial charge in [-0.1, -0.05) is 37.6 Å². The zero-order chi connectivity index (χ0) is 12.8. The van der Waals surface area contributed by atoms with Crippen LogP contribution >= 0.6 is 11.6 Å². The normalized spacial score (nSPS) is 10.9. The molecule has 0 amide bonds. The lowest BCUT2D eigenvalue weighted by Crippen LogP contribution is -2.25. The fourth-order valence-electron chi connectivity index (χ4n) is 1.49. The molecule has 0 heterocycles. The fourth-order valence-corrected chi connectivity index (χ4v) is 1.68. The van der Waals surface area contributed by atoms with Crippen LogP contribution in [-0.4, -0.2) is 18.4 Å². The molecule has 0 aromatic heterocycles. The van der Waals surface area contributed by atoms with Crippen LogP contribution in [0.1, 0.15) is 25.8 Å². The summed E-state index contributed by atoms with van der Waals surface area (Å²) >= 11 is 5.78. The predicted octanol–water partition coefficient (Wildman–Crippen LogP) is 2.98. The van der Waals surface area contributed by atoms with Crippen LogP contribution in [0.2, 0.25) is 5.02 Å². The maximum absolute atomic E-state index is 13.1. The Morgan fingerprint density at radius 1 is 1.47 bits per heavy atom. The van der Waals surface area contributed by atoms with Crippen LogP contribution in [0.5, 0.6) is 0 Å². The van der Waals surface area contributed by atoms with Crippen LogP contribution in [0, 0.1) is 5.82 Å². The Hall–Kier alpha value is -0.930. The average Bonchev–Trinajstić information content (AvgIpc) is 2.24. The van der Waals surface area contributed by atoms with Crippen molar-refractivity contribution in [2.45, 2.75) is 32.7 Å². The van der Waals surface area contributed by atoms with Crippen LogP contribution in [-0.2, 0) is 11.2 Å². The van der Waals surface area contributed by atoms with E-state index in [9.17, 15) is 9.18 Å². The Balaban J connectivity index is 2.48. The highest BCUT2D eigenvalue weighted by Gasteiger charge is 2.10. The van der Waals surface area contributed by atoms with Gasteiger partial charge in [-0.25, -0.2) is 4.39 Å². The van der Waals surface area contributed by atoms with Gasteiger partial charge in [0.05, 0.1) is 5.02 Å². The molecule has 1 aromatic rings. The van der Waals surface area contributed by atoms with Crippen molar-refractivity contribution in [2.75, 3.05) is 6.54 Å². The summed E-state index contributed by atoms with van der Waals surface area (Å²) in [6, 6.07) is 4.90. The van der Waals surface area contributed by atoms with Gasteiger partial charge in [-0.3, -0.25) is 4.79 Å². The van der Waals surface area contributed by atoms with Crippen LogP contribution in [0.15, 0.2) is 18.2 Å². The first-order valence-corrected chi connectivity index (χ1v) is 6.06. The number of carbonyl (C=O) groups excluding carboxylic acids is 1. The number of ketones is 1. The summed E-state index contributed by atoms with van der Waals surface area (Å²) in [4.78, 5) is 11.6. The first-order valence-electron chi connectivity index (χ1n) is 5.68. The van der Waals surface area contributed by atoms with E-state index in [0.717, 1.165) is 0 Å². The van der Waals surface area contributed by atoms with Gasteiger partial charge in [-0.15, -0.1) is 0 Å². The minimum absolute atomic E-state index is 0.0534. The topological polar surface area (TPSA) is 29.1 Å². The van der Waals surface area contributed by atoms with Crippen molar-refractivity contribution < 1.29 is 9.18 Å². The highest BCUT2D eigenvalue weighted by molar-refractivity contribution is 6.31. The molecule has 0 aliphatic heterocycles. The predicted molar refractivity (Wildman–Crippen MR) is 67.9 cm³/mol. The molecule has 0 bridgehead atoms. The van der Waals surface area contributed by atoms with E-state index < -0.39 is 5.82 Å². The second kappa shape index (κ2) is 6.72. The third kappa shape index (κ3) is 4.84. The van der Waals surface area contributed by atoms with Gasteiger partial charge in [0.1, 0.15) is 11.6 Å². The fraction of sp³-hybridized carbons (Fsp3) is 0.462. The molecule has 0 saturated heterocycles. The summed E-state index contributed by atoms with van der Waals surface area (Å²) in [5.74, 6) is -0.414. The zero-order valence-corrected chi connectivity index (χ0v) is 10.9. The van der Waals surface area contributed by atoms with E-state index in [4.69, 9.17) is 11.6 Å². The van der Waals surface area contributed by atoms with Gasteiger partial charge in [0.2, 0.25) is 0 Å². The molecule has 94 valence electrons. The molecule has 2 nitrogen and oxygen atoms in total. The van der Waals surface area contributed by atoms with E-state index in [1.165, 1.54) is 6.07 Å². The summed E-state index contributed by atoms with van der Waals surface area (Å²) in [6.45, 7) is 4.69. The molecule has 0 radical (unpaired) electrons. The van der Waals surface area contributed by atoms with Crippen LogP contribution in [0.4, 0.5) is 4.39 Å². The molecular formula is C13H17ClFNO. The van der Waals surface area contributed by atoms with E-state index in [1.54, 1.807) is 12.1 Å². The van der Waals surface area contributed by atoms with Crippen LogP contribution in [0.3, 0.4) is 0 Å². The Labute approximate surface area is 106 Å². The Morgan fingerprint density at radius 3 is 2.82 bits per heavy atom. The largest absolute Gasteiger partial charge is 0.314 e. The molecule has 0 fully saturated rings. The van der Waals surface area contributed by atoms with Gasteiger partial charge < -0.3 is 5.32 Å². The average molecular weight is 258 g/mol. The first-order chi connectivity index (χ1) is 8.00. The molecule has 1 aromatic carbocycles. The lowest BCUT2D eigenvalue weighted by atomic mass is 10.1. The summed E-state index contributed by atoms with van der Waals surface area (Å²) in [7, 11) is 0. The molecule has 17 heavy (non-hydrogen) atoms. The molecular weight excluding hydrogens is 241 g/mol. The minimum Gasteiger partial charge on any atom is -0.314 e. The maximum atomic E-state index is 13.1. The second-order valence-corrected chi connectivity index (χ2v) is 4.67. The number of carbonyl (C=O) groups is 1. The van der Waals surface area contributed by atoms with Crippen molar-refractivity contribution in [3.8, 4) is 0 Å². The SMILES string of the molecule is CC(C)NCCC(=O)Cc1cccc(F)c1Cl. The molecule has 0 aliphatic rings. The van der Waals surface area contributed by atoms with Crippen molar-refractivity contribution in [1.29, 1.82) is 0 Å². The van der Waals surface area contributed by atoms with Crippen molar-refractivity contribution in [2.24, 2.45) is 0 Å². The van der Waals surface area contributed by atoms with Gasteiger partial charge in [0.25, 0.3) is 0 Å². The first kappa shape index (κ1) is 14.1. The number of nitrogens with one attached hydrogen (secondary N) is 1. The molecule has 0 unspecified atom stereocenters. The monoisotopic (exact) mass is 257 g/mol. The Kier molecular flexibility index (Phi) is 5.59. The highest BCUT2D eigenvalue weighted by atomic mass is 35.5. The zero-order valence-electron chi connectivity index (χ0n) is 10.1. The number of Topliss-reactive ketones (excluding diaryl/α,β-unsaturated/α-hetero) is 1.